The number of hydrogen-bond donors (Lipinski definition) is 2. The Labute approximate surface area is 116 Å². The minimum atomic E-state index is -1.09. The van der Waals surface area contributed by atoms with Gasteiger partial charge in [-0.25, -0.2) is 4.79 Å². The smallest absolute Gasteiger partial charge is 0.337 e. The van der Waals surface area contributed by atoms with Gasteiger partial charge in [-0.15, -0.1) is 0 Å². The van der Waals surface area contributed by atoms with Gasteiger partial charge in [0.25, 0.3) is 0 Å². The van der Waals surface area contributed by atoms with Crippen LogP contribution in [-0.4, -0.2) is 17.7 Å². The maximum Gasteiger partial charge on any atom is 0.337 e. The zero-order chi connectivity index (χ0) is 14.5. The molecule has 0 saturated carbocycles. The SMILES string of the molecule is CCOc1ccccc1Oc1ccc(N)c(C(=O)O)c1. The molecule has 0 heterocycles. The van der Waals surface area contributed by atoms with Crippen molar-refractivity contribution in [1.82, 2.24) is 0 Å². The lowest BCUT2D eigenvalue weighted by atomic mass is 10.2. The molecule has 3 N–H and O–H groups in total. The van der Waals surface area contributed by atoms with Gasteiger partial charge in [0.05, 0.1) is 12.2 Å². The fourth-order valence-electron chi connectivity index (χ4n) is 1.72. The fourth-order valence-corrected chi connectivity index (χ4v) is 1.72. The molecule has 2 aromatic carbocycles. The number of rotatable bonds is 5. The minimum Gasteiger partial charge on any atom is -0.490 e. The third-order valence-corrected chi connectivity index (χ3v) is 2.63. The van der Waals surface area contributed by atoms with E-state index in [1.807, 2.05) is 19.1 Å². The number of hydrogen-bond acceptors (Lipinski definition) is 4. The van der Waals surface area contributed by atoms with Crippen molar-refractivity contribution in [3.05, 3.63) is 48.0 Å². The largest absolute Gasteiger partial charge is 0.490 e. The number of carboxylic acid groups (broad SMARTS) is 1. The van der Waals surface area contributed by atoms with Crippen LogP contribution in [0.3, 0.4) is 0 Å². The Morgan fingerprint density at radius 2 is 1.90 bits per heavy atom. The van der Waals surface area contributed by atoms with E-state index >= 15 is 0 Å². The van der Waals surface area contributed by atoms with Gasteiger partial charge in [-0.05, 0) is 37.3 Å². The Morgan fingerprint density at radius 1 is 1.20 bits per heavy atom. The van der Waals surface area contributed by atoms with Gasteiger partial charge in [0.15, 0.2) is 11.5 Å². The van der Waals surface area contributed by atoms with Crippen LogP contribution < -0.4 is 15.2 Å². The first kappa shape index (κ1) is 13.7. The van der Waals surface area contributed by atoms with Gasteiger partial charge in [0, 0.05) is 5.69 Å². The summed E-state index contributed by atoms with van der Waals surface area (Å²) in [4.78, 5) is 11.0. The van der Waals surface area contributed by atoms with Crippen LogP contribution in [0.25, 0.3) is 0 Å². The van der Waals surface area contributed by atoms with E-state index in [0.717, 1.165) is 0 Å². The van der Waals surface area contributed by atoms with Crippen LogP contribution in [0.1, 0.15) is 17.3 Å². The molecule has 0 atom stereocenters. The quantitative estimate of drug-likeness (QED) is 0.818. The average molecular weight is 273 g/mol. The monoisotopic (exact) mass is 273 g/mol. The van der Waals surface area contributed by atoms with Crippen molar-refractivity contribution >= 4 is 11.7 Å². The molecule has 5 nitrogen and oxygen atoms in total. The molecule has 0 aromatic heterocycles. The first-order chi connectivity index (χ1) is 9.61. The van der Waals surface area contributed by atoms with Gasteiger partial charge in [0.1, 0.15) is 5.75 Å². The summed E-state index contributed by atoms with van der Waals surface area (Å²) in [6.07, 6.45) is 0. The second-order valence-electron chi connectivity index (χ2n) is 4.04. The van der Waals surface area contributed by atoms with Crippen LogP contribution in [0, 0.1) is 0 Å². The van der Waals surface area contributed by atoms with Crippen molar-refractivity contribution in [1.29, 1.82) is 0 Å². The predicted molar refractivity (Wildman–Crippen MR) is 75.5 cm³/mol. The molecule has 0 aliphatic carbocycles. The highest BCUT2D eigenvalue weighted by Gasteiger charge is 2.11. The normalized spacial score (nSPS) is 10.1. The summed E-state index contributed by atoms with van der Waals surface area (Å²) < 4.78 is 11.1. The van der Waals surface area contributed by atoms with Crippen LogP contribution in [0.15, 0.2) is 42.5 Å². The molecule has 0 unspecified atom stereocenters. The second-order valence-corrected chi connectivity index (χ2v) is 4.04. The number of nitrogen functional groups attached to an aromatic ring is 1. The topological polar surface area (TPSA) is 81.8 Å². The summed E-state index contributed by atoms with van der Waals surface area (Å²) in [5.74, 6) is 0.425. The van der Waals surface area contributed by atoms with Crippen LogP contribution in [0.2, 0.25) is 0 Å². The van der Waals surface area contributed by atoms with Gasteiger partial charge < -0.3 is 20.3 Å². The molecule has 104 valence electrons. The number of ether oxygens (including phenoxy) is 2. The molecular weight excluding hydrogens is 258 g/mol. The van der Waals surface area contributed by atoms with Crippen molar-refractivity contribution in [2.45, 2.75) is 6.92 Å². The van der Waals surface area contributed by atoms with E-state index in [2.05, 4.69) is 0 Å². The summed E-state index contributed by atoms with van der Waals surface area (Å²) in [6.45, 7) is 2.39. The summed E-state index contributed by atoms with van der Waals surface area (Å²) in [5.41, 5.74) is 5.81. The van der Waals surface area contributed by atoms with Gasteiger partial charge in [0.2, 0.25) is 0 Å². The molecule has 5 heteroatoms. The summed E-state index contributed by atoms with van der Waals surface area (Å²) >= 11 is 0. The molecular formula is C15H15NO4. The number of nitrogens with two attached hydrogens (primary N) is 1. The minimum absolute atomic E-state index is 0.0105. The summed E-state index contributed by atoms with van der Waals surface area (Å²) in [5, 5.41) is 9.03. The molecule has 2 aromatic rings. The van der Waals surface area contributed by atoms with E-state index in [-0.39, 0.29) is 11.3 Å². The molecule has 0 aliphatic rings. The lowest BCUT2D eigenvalue weighted by Gasteiger charge is -2.12. The zero-order valence-corrected chi connectivity index (χ0v) is 11.0. The third-order valence-electron chi connectivity index (χ3n) is 2.63. The molecule has 0 fully saturated rings. The van der Waals surface area contributed by atoms with Crippen LogP contribution in [-0.2, 0) is 0 Å². The predicted octanol–water partition coefficient (Wildman–Crippen LogP) is 3.16. The molecule has 0 amide bonds. The van der Waals surface area contributed by atoms with E-state index in [1.54, 1.807) is 18.2 Å². The van der Waals surface area contributed by atoms with Crippen molar-refractivity contribution in [3.63, 3.8) is 0 Å². The molecule has 0 spiro atoms. The fraction of sp³-hybridized carbons (Fsp3) is 0.133. The van der Waals surface area contributed by atoms with Crippen molar-refractivity contribution in [2.24, 2.45) is 0 Å². The number of carboxylic acids is 1. The van der Waals surface area contributed by atoms with E-state index < -0.39 is 5.97 Å². The van der Waals surface area contributed by atoms with Crippen molar-refractivity contribution in [2.75, 3.05) is 12.3 Å². The lowest BCUT2D eigenvalue weighted by Crippen LogP contribution is -2.02. The first-order valence-electron chi connectivity index (χ1n) is 6.14. The van der Waals surface area contributed by atoms with Gasteiger partial charge >= 0.3 is 5.97 Å². The summed E-state index contributed by atoms with van der Waals surface area (Å²) in [6, 6.07) is 11.7. The van der Waals surface area contributed by atoms with E-state index in [9.17, 15) is 4.79 Å². The maximum absolute atomic E-state index is 11.0. The molecule has 0 aliphatic heterocycles. The van der Waals surface area contributed by atoms with E-state index in [4.69, 9.17) is 20.3 Å². The molecule has 0 radical (unpaired) electrons. The molecule has 2 rings (SSSR count). The number of benzene rings is 2. The lowest BCUT2D eigenvalue weighted by molar-refractivity contribution is 0.0697. The standard InChI is InChI=1S/C15H15NO4/c1-2-19-13-5-3-4-6-14(13)20-10-7-8-12(16)11(9-10)15(17)18/h3-9H,2,16H2,1H3,(H,17,18). The van der Waals surface area contributed by atoms with E-state index in [1.165, 1.54) is 12.1 Å². The van der Waals surface area contributed by atoms with Crippen LogP contribution in [0.5, 0.6) is 17.2 Å². The van der Waals surface area contributed by atoms with Gasteiger partial charge in [-0.1, -0.05) is 12.1 Å². The Balaban J connectivity index is 2.31. The highest BCUT2D eigenvalue weighted by Crippen LogP contribution is 2.32. The summed E-state index contributed by atoms with van der Waals surface area (Å²) in [7, 11) is 0. The Hall–Kier alpha value is -2.69. The number of aromatic carboxylic acids is 1. The van der Waals surface area contributed by atoms with Crippen LogP contribution >= 0.6 is 0 Å². The number of carbonyl (C=O) groups is 1. The Kier molecular flexibility index (Phi) is 4.10. The van der Waals surface area contributed by atoms with Gasteiger partial charge in [-0.3, -0.25) is 0 Å². The van der Waals surface area contributed by atoms with Crippen molar-refractivity contribution < 1.29 is 19.4 Å². The van der Waals surface area contributed by atoms with E-state index in [0.29, 0.717) is 23.9 Å². The van der Waals surface area contributed by atoms with Gasteiger partial charge in [-0.2, -0.15) is 0 Å². The Bertz CT molecular complexity index is 625. The second kappa shape index (κ2) is 5.97. The van der Waals surface area contributed by atoms with Crippen molar-refractivity contribution in [3.8, 4) is 17.2 Å². The zero-order valence-electron chi connectivity index (χ0n) is 11.0. The Morgan fingerprint density at radius 3 is 2.55 bits per heavy atom. The molecule has 0 saturated heterocycles. The third kappa shape index (κ3) is 3.00. The molecule has 0 bridgehead atoms. The highest BCUT2D eigenvalue weighted by molar-refractivity contribution is 5.94. The van der Waals surface area contributed by atoms with Crippen LogP contribution in [0.4, 0.5) is 5.69 Å². The molecule has 20 heavy (non-hydrogen) atoms. The first-order valence-corrected chi connectivity index (χ1v) is 6.14. The number of anilines is 1. The highest BCUT2D eigenvalue weighted by atomic mass is 16.5. The maximum atomic E-state index is 11.0. The average Bonchev–Trinajstić information content (AvgIpc) is 2.43. The number of para-hydroxylation sites is 2.